The molecule has 0 atom stereocenters. The van der Waals surface area contributed by atoms with E-state index < -0.39 is 0 Å². The van der Waals surface area contributed by atoms with Crippen molar-refractivity contribution >= 4 is 28.8 Å². The number of hydrogen-bond donors (Lipinski definition) is 0. The molecule has 1 aromatic carbocycles. The monoisotopic (exact) mass is 334 g/mol. The maximum absolute atomic E-state index is 12.6. The molecule has 2 heterocycles. The molecule has 0 aliphatic carbocycles. The minimum atomic E-state index is 0.150. The van der Waals surface area contributed by atoms with Crippen LogP contribution in [0.2, 0.25) is 4.34 Å². The number of hydrogen-bond acceptors (Lipinski definition) is 3. The number of halogens is 1. The van der Waals surface area contributed by atoms with Gasteiger partial charge in [-0.1, -0.05) is 29.8 Å². The van der Waals surface area contributed by atoms with Gasteiger partial charge in [0.1, 0.15) is 0 Å². The second kappa shape index (κ2) is 6.82. The third kappa shape index (κ3) is 3.51. The van der Waals surface area contributed by atoms with Crippen molar-refractivity contribution < 1.29 is 4.79 Å². The molecule has 3 nitrogen and oxygen atoms in total. The maximum Gasteiger partial charge on any atom is 0.254 e. The number of nitrogens with zero attached hydrogens (tertiary/aromatic N) is 2. The number of carbonyl (C=O) groups is 1. The molecule has 1 aromatic heterocycles. The lowest BCUT2D eigenvalue weighted by Gasteiger charge is -2.34. The second-order valence-electron chi connectivity index (χ2n) is 5.59. The van der Waals surface area contributed by atoms with Gasteiger partial charge >= 0.3 is 0 Å². The molecule has 0 spiro atoms. The van der Waals surface area contributed by atoms with Gasteiger partial charge in [-0.3, -0.25) is 9.69 Å². The molecule has 2 aromatic rings. The van der Waals surface area contributed by atoms with E-state index in [4.69, 9.17) is 11.6 Å². The van der Waals surface area contributed by atoms with E-state index in [1.54, 1.807) is 11.3 Å². The van der Waals surface area contributed by atoms with Crippen LogP contribution in [0.4, 0.5) is 0 Å². The lowest BCUT2D eigenvalue weighted by molar-refractivity contribution is 0.0629. The standard InChI is InChI=1S/C17H19ClN2OS/c1-13-4-2-3-5-15(13)17(21)20-10-8-19(9-11-20)12-14-6-7-16(18)22-14/h2-7H,8-12H2,1H3. The van der Waals surface area contributed by atoms with Crippen molar-refractivity contribution in [2.45, 2.75) is 13.5 Å². The third-order valence-corrected chi connectivity index (χ3v) is 5.26. The second-order valence-corrected chi connectivity index (χ2v) is 7.39. The van der Waals surface area contributed by atoms with Crippen LogP contribution in [0.3, 0.4) is 0 Å². The van der Waals surface area contributed by atoms with E-state index in [2.05, 4.69) is 11.0 Å². The number of benzene rings is 1. The Morgan fingerprint density at radius 1 is 1.14 bits per heavy atom. The van der Waals surface area contributed by atoms with Gasteiger partial charge in [0.05, 0.1) is 4.34 Å². The summed E-state index contributed by atoms with van der Waals surface area (Å²) in [5, 5.41) is 0. The molecule has 116 valence electrons. The highest BCUT2D eigenvalue weighted by atomic mass is 35.5. The van der Waals surface area contributed by atoms with E-state index in [0.717, 1.165) is 48.2 Å². The van der Waals surface area contributed by atoms with Crippen molar-refractivity contribution in [2.24, 2.45) is 0 Å². The predicted octanol–water partition coefficient (Wildman–Crippen LogP) is 3.67. The molecule has 0 saturated carbocycles. The first-order valence-corrected chi connectivity index (χ1v) is 8.64. The summed E-state index contributed by atoms with van der Waals surface area (Å²) in [4.78, 5) is 18.2. The van der Waals surface area contributed by atoms with E-state index in [9.17, 15) is 4.79 Å². The highest BCUT2D eigenvalue weighted by molar-refractivity contribution is 7.16. The number of thiophene rings is 1. The fourth-order valence-electron chi connectivity index (χ4n) is 2.75. The number of rotatable bonds is 3. The summed E-state index contributed by atoms with van der Waals surface area (Å²) in [6.45, 7) is 6.30. The number of piperazine rings is 1. The topological polar surface area (TPSA) is 23.6 Å². The Balaban J connectivity index is 1.57. The molecule has 1 amide bonds. The summed E-state index contributed by atoms with van der Waals surface area (Å²) in [6, 6.07) is 11.8. The largest absolute Gasteiger partial charge is 0.336 e. The molecule has 0 radical (unpaired) electrons. The van der Waals surface area contributed by atoms with Crippen LogP contribution in [0, 0.1) is 6.92 Å². The number of amides is 1. The Kier molecular flexibility index (Phi) is 4.81. The van der Waals surface area contributed by atoms with Crippen molar-refractivity contribution in [2.75, 3.05) is 26.2 Å². The van der Waals surface area contributed by atoms with E-state index in [1.165, 1.54) is 4.88 Å². The minimum absolute atomic E-state index is 0.150. The lowest BCUT2D eigenvalue weighted by atomic mass is 10.1. The van der Waals surface area contributed by atoms with Crippen LogP contribution >= 0.6 is 22.9 Å². The summed E-state index contributed by atoms with van der Waals surface area (Å²) in [6.07, 6.45) is 0. The van der Waals surface area contributed by atoms with Crippen LogP contribution in [0.1, 0.15) is 20.8 Å². The highest BCUT2D eigenvalue weighted by Crippen LogP contribution is 2.23. The summed E-state index contributed by atoms with van der Waals surface area (Å²) < 4.78 is 0.836. The molecule has 1 saturated heterocycles. The van der Waals surface area contributed by atoms with Gasteiger partial charge in [0.15, 0.2) is 0 Å². The lowest BCUT2D eigenvalue weighted by Crippen LogP contribution is -2.48. The molecule has 0 N–H and O–H groups in total. The zero-order valence-corrected chi connectivity index (χ0v) is 14.2. The van der Waals surface area contributed by atoms with Gasteiger partial charge in [-0.15, -0.1) is 11.3 Å². The van der Waals surface area contributed by atoms with Crippen LogP contribution < -0.4 is 0 Å². The fraction of sp³-hybridized carbons (Fsp3) is 0.353. The SMILES string of the molecule is Cc1ccccc1C(=O)N1CCN(Cc2ccc(Cl)s2)CC1. The molecule has 1 aliphatic heterocycles. The van der Waals surface area contributed by atoms with Gasteiger partial charge in [-0.2, -0.15) is 0 Å². The van der Waals surface area contributed by atoms with Crippen LogP contribution in [0.5, 0.6) is 0 Å². The van der Waals surface area contributed by atoms with Gasteiger partial charge in [-0.25, -0.2) is 0 Å². The average molecular weight is 335 g/mol. The molecule has 1 fully saturated rings. The van der Waals surface area contributed by atoms with Crippen LogP contribution in [0.25, 0.3) is 0 Å². The molecule has 3 rings (SSSR count). The Bertz CT molecular complexity index is 662. The molecule has 22 heavy (non-hydrogen) atoms. The van der Waals surface area contributed by atoms with Gasteiger partial charge in [0.2, 0.25) is 0 Å². The quantitative estimate of drug-likeness (QED) is 0.855. The number of carbonyl (C=O) groups excluding carboxylic acids is 1. The first-order valence-electron chi connectivity index (χ1n) is 7.45. The van der Waals surface area contributed by atoms with Crippen molar-refractivity contribution in [3.63, 3.8) is 0 Å². The first-order chi connectivity index (χ1) is 10.6. The van der Waals surface area contributed by atoms with E-state index >= 15 is 0 Å². The molecule has 1 aliphatic rings. The van der Waals surface area contributed by atoms with E-state index in [-0.39, 0.29) is 5.91 Å². The van der Waals surface area contributed by atoms with Crippen LogP contribution in [-0.2, 0) is 6.54 Å². The van der Waals surface area contributed by atoms with E-state index in [1.807, 2.05) is 42.2 Å². The molecular formula is C17H19ClN2OS. The summed E-state index contributed by atoms with van der Waals surface area (Å²) in [5.41, 5.74) is 1.86. The smallest absolute Gasteiger partial charge is 0.254 e. The zero-order valence-electron chi connectivity index (χ0n) is 12.6. The van der Waals surface area contributed by atoms with Gasteiger partial charge < -0.3 is 4.90 Å². The fourth-order valence-corrected chi connectivity index (χ4v) is 3.88. The Labute approximate surface area is 140 Å². The first kappa shape index (κ1) is 15.5. The normalized spacial score (nSPS) is 16.0. The van der Waals surface area contributed by atoms with Crippen molar-refractivity contribution in [3.8, 4) is 0 Å². The van der Waals surface area contributed by atoms with Crippen molar-refractivity contribution in [3.05, 3.63) is 56.7 Å². The Hall–Kier alpha value is -1.36. The molecule has 5 heteroatoms. The van der Waals surface area contributed by atoms with Gasteiger partial charge in [0, 0.05) is 43.2 Å². The maximum atomic E-state index is 12.6. The third-order valence-electron chi connectivity index (χ3n) is 4.04. The molecule has 0 unspecified atom stereocenters. The summed E-state index contributed by atoms with van der Waals surface area (Å²) in [7, 11) is 0. The minimum Gasteiger partial charge on any atom is -0.336 e. The van der Waals surface area contributed by atoms with Crippen LogP contribution in [0.15, 0.2) is 36.4 Å². The predicted molar refractivity (Wildman–Crippen MR) is 91.7 cm³/mol. The summed E-state index contributed by atoms with van der Waals surface area (Å²) in [5.74, 6) is 0.150. The number of aryl methyl sites for hydroxylation is 1. The Morgan fingerprint density at radius 2 is 1.86 bits per heavy atom. The van der Waals surface area contributed by atoms with Gasteiger partial charge in [0.25, 0.3) is 5.91 Å². The average Bonchev–Trinajstić information content (AvgIpc) is 2.93. The zero-order chi connectivity index (χ0) is 15.5. The highest BCUT2D eigenvalue weighted by Gasteiger charge is 2.23. The van der Waals surface area contributed by atoms with Crippen LogP contribution in [-0.4, -0.2) is 41.9 Å². The Morgan fingerprint density at radius 3 is 2.50 bits per heavy atom. The molecule has 0 bridgehead atoms. The van der Waals surface area contributed by atoms with Crippen molar-refractivity contribution in [1.29, 1.82) is 0 Å². The summed E-state index contributed by atoms with van der Waals surface area (Å²) >= 11 is 7.60. The van der Waals surface area contributed by atoms with Gasteiger partial charge in [-0.05, 0) is 30.7 Å². The molecular weight excluding hydrogens is 316 g/mol. The van der Waals surface area contributed by atoms with Crippen molar-refractivity contribution in [1.82, 2.24) is 9.80 Å². The van der Waals surface area contributed by atoms with E-state index in [0.29, 0.717) is 0 Å².